The van der Waals surface area contributed by atoms with E-state index < -0.39 is 0 Å². The molecule has 88 valence electrons. The lowest BCUT2D eigenvalue weighted by atomic mass is 9.87. The molecule has 0 unspecified atom stereocenters. The smallest absolute Gasteiger partial charge is 0.0921 e. The molecule has 0 radical (unpaired) electrons. The van der Waals surface area contributed by atoms with E-state index in [9.17, 15) is 0 Å². The van der Waals surface area contributed by atoms with Crippen LogP contribution in [0, 0.1) is 5.41 Å². The molecule has 1 aromatic heterocycles. The summed E-state index contributed by atoms with van der Waals surface area (Å²) in [6.07, 6.45) is 5.45. The van der Waals surface area contributed by atoms with Crippen LogP contribution >= 0.6 is 0 Å². The molecule has 3 N–H and O–H groups in total. The van der Waals surface area contributed by atoms with E-state index in [1.165, 1.54) is 0 Å². The molecule has 3 heteroatoms. The number of hydrogen-bond donors (Lipinski definition) is 2. The first-order chi connectivity index (χ1) is 6.97. The summed E-state index contributed by atoms with van der Waals surface area (Å²) in [4.78, 5) is 7.02. The Bertz CT molecular complexity index is 234. The zero-order valence-corrected chi connectivity index (χ0v) is 10.7. The van der Waals surface area contributed by atoms with E-state index in [1.807, 2.05) is 20.0 Å². The summed E-state index contributed by atoms with van der Waals surface area (Å²) >= 11 is 0. The van der Waals surface area contributed by atoms with Crippen LogP contribution in [0.25, 0.3) is 0 Å². The van der Waals surface area contributed by atoms with Crippen molar-refractivity contribution in [2.24, 2.45) is 11.1 Å². The zero-order chi connectivity index (χ0) is 11.9. The number of aromatic amines is 1. The Kier molecular flexibility index (Phi) is 6.25. The van der Waals surface area contributed by atoms with Gasteiger partial charge in [0.25, 0.3) is 0 Å². The molecule has 15 heavy (non-hydrogen) atoms. The highest BCUT2D eigenvalue weighted by Crippen LogP contribution is 2.20. The molecule has 0 aliphatic carbocycles. The summed E-state index contributed by atoms with van der Waals surface area (Å²) in [7, 11) is 0. The number of imidazole rings is 1. The highest BCUT2D eigenvalue weighted by Gasteiger charge is 2.15. The maximum atomic E-state index is 6.00. The van der Waals surface area contributed by atoms with Gasteiger partial charge in [0, 0.05) is 24.4 Å². The van der Waals surface area contributed by atoms with Crippen LogP contribution in [0.1, 0.15) is 46.7 Å². The monoisotopic (exact) mass is 211 g/mol. The summed E-state index contributed by atoms with van der Waals surface area (Å²) in [5, 5.41) is 0. The lowest BCUT2D eigenvalue weighted by Crippen LogP contribution is -2.28. The number of nitrogens with zero attached hydrogens (tertiary/aromatic N) is 1. The van der Waals surface area contributed by atoms with Gasteiger partial charge in [-0.1, -0.05) is 34.6 Å². The molecule has 0 fully saturated rings. The fourth-order valence-electron chi connectivity index (χ4n) is 1.54. The van der Waals surface area contributed by atoms with Crippen molar-refractivity contribution in [3.05, 3.63) is 18.2 Å². The standard InChI is InChI=1S/C10H19N3.C2H6/c1-10(2,3)5-8(11)4-9-6-12-7-13-9;1-2/h6-8H,4-5,11H2,1-3H3,(H,12,13);1-2H3/t8-;/m0./s1. The molecule has 1 atom stereocenters. The van der Waals surface area contributed by atoms with Crippen molar-refractivity contribution in [2.45, 2.75) is 53.5 Å². The number of rotatable bonds is 3. The fraction of sp³-hybridized carbons (Fsp3) is 0.750. The molecule has 3 nitrogen and oxygen atoms in total. The van der Waals surface area contributed by atoms with Crippen LogP contribution in [0.4, 0.5) is 0 Å². The first-order valence-electron chi connectivity index (χ1n) is 5.70. The van der Waals surface area contributed by atoms with E-state index in [1.54, 1.807) is 6.33 Å². The van der Waals surface area contributed by atoms with Crippen LogP contribution in [-0.4, -0.2) is 16.0 Å². The highest BCUT2D eigenvalue weighted by atomic mass is 14.9. The average Bonchev–Trinajstić information content (AvgIpc) is 2.57. The van der Waals surface area contributed by atoms with Gasteiger partial charge in [0.05, 0.1) is 6.33 Å². The third kappa shape index (κ3) is 7.14. The lowest BCUT2D eigenvalue weighted by molar-refractivity contribution is 0.337. The van der Waals surface area contributed by atoms with E-state index in [0.29, 0.717) is 5.41 Å². The van der Waals surface area contributed by atoms with Crippen LogP contribution in [0.15, 0.2) is 12.5 Å². The van der Waals surface area contributed by atoms with Gasteiger partial charge in [-0.05, 0) is 11.8 Å². The van der Waals surface area contributed by atoms with Gasteiger partial charge in [-0.25, -0.2) is 4.98 Å². The maximum absolute atomic E-state index is 6.00. The van der Waals surface area contributed by atoms with E-state index in [0.717, 1.165) is 18.5 Å². The van der Waals surface area contributed by atoms with Gasteiger partial charge in [-0.3, -0.25) is 0 Å². The Morgan fingerprint density at radius 3 is 2.40 bits per heavy atom. The van der Waals surface area contributed by atoms with Gasteiger partial charge in [-0.15, -0.1) is 0 Å². The summed E-state index contributed by atoms with van der Waals surface area (Å²) < 4.78 is 0. The molecular weight excluding hydrogens is 186 g/mol. The predicted molar refractivity (Wildman–Crippen MR) is 65.7 cm³/mol. The number of nitrogens with two attached hydrogens (primary N) is 1. The van der Waals surface area contributed by atoms with Crippen LogP contribution in [0.5, 0.6) is 0 Å². The average molecular weight is 211 g/mol. The van der Waals surface area contributed by atoms with Gasteiger partial charge in [0.1, 0.15) is 0 Å². The molecule has 0 aliphatic rings. The zero-order valence-electron chi connectivity index (χ0n) is 10.7. The van der Waals surface area contributed by atoms with Crippen molar-refractivity contribution in [1.29, 1.82) is 0 Å². The van der Waals surface area contributed by atoms with Crippen LogP contribution in [0.3, 0.4) is 0 Å². The second-order valence-corrected chi connectivity index (χ2v) is 4.81. The second kappa shape index (κ2) is 6.62. The molecule has 0 aliphatic heterocycles. The minimum atomic E-state index is 0.223. The molecule has 0 saturated heterocycles. The second-order valence-electron chi connectivity index (χ2n) is 4.81. The molecule has 0 bridgehead atoms. The molecule has 0 saturated carbocycles. The SMILES string of the molecule is CC.CC(C)(C)C[C@@H](N)Cc1cnc[nH]1. The van der Waals surface area contributed by atoms with E-state index in [-0.39, 0.29) is 6.04 Å². The van der Waals surface area contributed by atoms with Crippen molar-refractivity contribution < 1.29 is 0 Å². The normalized spacial score (nSPS) is 12.9. The lowest BCUT2D eigenvalue weighted by Gasteiger charge is -2.22. The van der Waals surface area contributed by atoms with Crippen LogP contribution in [-0.2, 0) is 6.42 Å². The third-order valence-corrected chi connectivity index (χ3v) is 1.91. The molecule has 0 spiro atoms. The van der Waals surface area contributed by atoms with Gasteiger partial charge in [0.2, 0.25) is 0 Å². The highest BCUT2D eigenvalue weighted by molar-refractivity contribution is 4.97. The number of nitrogens with one attached hydrogen (secondary N) is 1. The van der Waals surface area contributed by atoms with Crippen LogP contribution < -0.4 is 5.73 Å². The first-order valence-corrected chi connectivity index (χ1v) is 5.70. The van der Waals surface area contributed by atoms with E-state index in [4.69, 9.17) is 5.73 Å². The summed E-state index contributed by atoms with van der Waals surface area (Å²) in [6, 6.07) is 0.223. The molecule has 1 rings (SSSR count). The first kappa shape index (κ1) is 14.2. The van der Waals surface area contributed by atoms with Gasteiger partial charge in [0.15, 0.2) is 0 Å². The number of hydrogen-bond acceptors (Lipinski definition) is 2. The number of H-pyrrole nitrogens is 1. The topological polar surface area (TPSA) is 54.7 Å². The number of aromatic nitrogens is 2. The van der Waals surface area contributed by atoms with E-state index in [2.05, 4.69) is 30.7 Å². The Morgan fingerprint density at radius 1 is 1.40 bits per heavy atom. The minimum Gasteiger partial charge on any atom is -0.348 e. The molecule has 1 heterocycles. The largest absolute Gasteiger partial charge is 0.348 e. The molecule has 0 aromatic carbocycles. The maximum Gasteiger partial charge on any atom is 0.0921 e. The fourth-order valence-corrected chi connectivity index (χ4v) is 1.54. The van der Waals surface area contributed by atoms with Gasteiger partial charge in [-0.2, -0.15) is 0 Å². The Hall–Kier alpha value is -0.830. The summed E-state index contributed by atoms with van der Waals surface area (Å²) in [5.74, 6) is 0. The van der Waals surface area contributed by atoms with Crippen molar-refractivity contribution >= 4 is 0 Å². The third-order valence-electron chi connectivity index (χ3n) is 1.91. The Morgan fingerprint density at radius 2 is 2.00 bits per heavy atom. The Labute approximate surface area is 93.5 Å². The van der Waals surface area contributed by atoms with Crippen molar-refractivity contribution in [2.75, 3.05) is 0 Å². The quantitative estimate of drug-likeness (QED) is 0.807. The van der Waals surface area contributed by atoms with E-state index >= 15 is 0 Å². The molecule has 0 amide bonds. The van der Waals surface area contributed by atoms with Gasteiger partial charge >= 0.3 is 0 Å². The minimum absolute atomic E-state index is 0.223. The van der Waals surface area contributed by atoms with Crippen LogP contribution in [0.2, 0.25) is 0 Å². The predicted octanol–water partition coefficient (Wildman–Crippen LogP) is 2.74. The van der Waals surface area contributed by atoms with Crippen molar-refractivity contribution in [1.82, 2.24) is 9.97 Å². The summed E-state index contributed by atoms with van der Waals surface area (Å²) in [5.41, 5.74) is 7.43. The van der Waals surface area contributed by atoms with Gasteiger partial charge < -0.3 is 10.7 Å². The summed E-state index contributed by atoms with van der Waals surface area (Å²) in [6.45, 7) is 10.6. The molecular formula is C12H25N3. The Balaban J connectivity index is 0.000000921. The molecule has 1 aromatic rings. The van der Waals surface area contributed by atoms with Crippen molar-refractivity contribution in [3.63, 3.8) is 0 Å². The van der Waals surface area contributed by atoms with Crippen molar-refractivity contribution in [3.8, 4) is 0 Å².